The summed E-state index contributed by atoms with van der Waals surface area (Å²) in [5.74, 6) is -0.949. The van der Waals surface area contributed by atoms with Crippen LogP contribution >= 0.6 is 0 Å². The van der Waals surface area contributed by atoms with Crippen LogP contribution < -0.4 is 5.32 Å². The van der Waals surface area contributed by atoms with E-state index in [2.05, 4.69) is 5.32 Å². The van der Waals surface area contributed by atoms with Crippen molar-refractivity contribution in [1.29, 1.82) is 0 Å². The predicted molar refractivity (Wildman–Crippen MR) is 73.3 cm³/mol. The van der Waals surface area contributed by atoms with E-state index in [0.717, 1.165) is 22.4 Å². The quantitative estimate of drug-likeness (QED) is 0.663. The Labute approximate surface area is 122 Å². The number of aryl methyl sites for hydroxylation is 1. The normalized spacial score (nSPS) is 23.4. The van der Waals surface area contributed by atoms with Gasteiger partial charge in [0.1, 0.15) is 12.1 Å². The van der Waals surface area contributed by atoms with Gasteiger partial charge in [-0.3, -0.25) is 14.5 Å². The highest BCUT2D eigenvalue weighted by molar-refractivity contribution is 6.09. The maximum atomic E-state index is 12.7. The molecule has 1 spiro atoms. The molecule has 110 valence electrons. The lowest BCUT2D eigenvalue weighted by atomic mass is 9.92. The molecule has 1 aromatic rings. The van der Waals surface area contributed by atoms with Gasteiger partial charge in [0.05, 0.1) is 6.61 Å². The zero-order valence-corrected chi connectivity index (χ0v) is 11.7. The predicted octanol–water partition coefficient (Wildman–Crippen LogP) is 0.943. The lowest BCUT2D eigenvalue weighted by Crippen LogP contribution is -2.42. The van der Waals surface area contributed by atoms with Crippen LogP contribution in [0, 0.1) is 0 Å². The number of carbonyl (C=O) groups excluding carboxylic acids is 3. The van der Waals surface area contributed by atoms with Crippen molar-refractivity contribution in [2.24, 2.45) is 0 Å². The second kappa shape index (κ2) is 4.87. The van der Waals surface area contributed by atoms with Crippen LogP contribution in [0.2, 0.25) is 0 Å². The fraction of sp³-hybridized carbons (Fsp3) is 0.400. The van der Waals surface area contributed by atoms with Crippen molar-refractivity contribution < 1.29 is 19.1 Å². The molecule has 1 aliphatic carbocycles. The Hall–Kier alpha value is -2.37. The lowest BCUT2D eigenvalue weighted by molar-refractivity contribution is -0.147. The molecule has 1 fully saturated rings. The average Bonchev–Trinajstić information content (AvgIpc) is 2.94. The van der Waals surface area contributed by atoms with Crippen molar-refractivity contribution >= 4 is 17.9 Å². The third kappa shape index (κ3) is 1.98. The first kappa shape index (κ1) is 13.6. The van der Waals surface area contributed by atoms with E-state index in [1.165, 1.54) is 0 Å². The maximum absolute atomic E-state index is 12.7. The number of urea groups is 1. The van der Waals surface area contributed by atoms with Gasteiger partial charge >= 0.3 is 12.0 Å². The number of hydrogen-bond donors (Lipinski definition) is 1. The molecule has 0 radical (unpaired) electrons. The molecule has 1 atom stereocenters. The third-order valence-corrected chi connectivity index (χ3v) is 4.01. The van der Waals surface area contributed by atoms with Gasteiger partial charge in [-0.25, -0.2) is 4.79 Å². The van der Waals surface area contributed by atoms with E-state index in [1.807, 2.05) is 24.3 Å². The number of imide groups is 1. The summed E-state index contributed by atoms with van der Waals surface area (Å²) >= 11 is 0. The Morgan fingerprint density at radius 1 is 1.38 bits per heavy atom. The minimum atomic E-state index is -1.01. The number of carbonyl (C=O) groups is 3. The highest BCUT2D eigenvalue weighted by atomic mass is 16.5. The van der Waals surface area contributed by atoms with Gasteiger partial charge in [-0.1, -0.05) is 24.3 Å². The number of fused-ring (bicyclic) bond motifs is 2. The summed E-state index contributed by atoms with van der Waals surface area (Å²) in [5, 5.41) is 2.76. The monoisotopic (exact) mass is 288 g/mol. The summed E-state index contributed by atoms with van der Waals surface area (Å²) < 4.78 is 4.81. The van der Waals surface area contributed by atoms with Crippen LogP contribution in [0.5, 0.6) is 0 Å². The molecule has 0 bridgehead atoms. The van der Waals surface area contributed by atoms with Gasteiger partial charge in [0, 0.05) is 0 Å². The highest BCUT2D eigenvalue weighted by Crippen LogP contribution is 2.41. The van der Waals surface area contributed by atoms with Crippen molar-refractivity contribution in [2.45, 2.75) is 25.3 Å². The van der Waals surface area contributed by atoms with E-state index >= 15 is 0 Å². The zero-order chi connectivity index (χ0) is 15.0. The number of benzene rings is 1. The van der Waals surface area contributed by atoms with Crippen molar-refractivity contribution in [2.75, 3.05) is 13.2 Å². The fourth-order valence-corrected chi connectivity index (χ4v) is 3.07. The fourth-order valence-electron chi connectivity index (χ4n) is 3.07. The summed E-state index contributed by atoms with van der Waals surface area (Å²) in [7, 11) is 0. The number of nitrogens with one attached hydrogen (secondary N) is 1. The first-order valence-corrected chi connectivity index (χ1v) is 6.96. The Morgan fingerprint density at radius 2 is 2.14 bits per heavy atom. The molecule has 1 heterocycles. The first-order valence-electron chi connectivity index (χ1n) is 6.96. The van der Waals surface area contributed by atoms with Crippen LogP contribution in [-0.2, 0) is 26.3 Å². The second-order valence-electron chi connectivity index (χ2n) is 5.19. The van der Waals surface area contributed by atoms with Gasteiger partial charge in [0.2, 0.25) is 0 Å². The van der Waals surface area contributed by atoms with Gasteiger partial charge in [-0.2, -0.15) is 0 Å². The van der Waals surface area contributed by atoms with E-state index in [-0.39, 0.29) is 19.1 Å². The van der Waals surface area contributed by atoms with Crippen molar-refractivity contribution in [3.63, 3.8) is 0 Å². The number of amides is 3. The summed E-state index contributed by atoms with van der Waals surface area (Å²) in [6, 6.07) is 7.03. The molecule has 6 nitrogen and oxygen atoms in total. The van der Waals surface area contributed by atoms with E-state index in [1.54, 1.807) is 6.92 Å². The maximum Gasteiger partial charge on any atom is 0.326 e. The van der Waals surface area contributed by atoms with Crippen LogP contribution in [-0.4, -0.2) is 36.0 Å². The van der Waals surface area contributed by atoms with Gasteiger partial charge < -0.3 is 10.1 Å². The molecule has 1 unspecified atom stereocenters. The minimum Gasteiger partial charge on any atom is -0.465 e. The SMILES string of the molecule is CCOC(=O)CN1C(=O)NC2(CCc3ccccc32)C1=O. The summed E-state index contributed by atoms with van der Waals surface area (Å²) in [5.41, 5.74) is 0.874. The largest absolute Gasteiger partial charge is 0.465 e. The molecular weight excluding hydrogens is 272 g/mol. The van der Waals surface area contributed by atoms with Crippen molar-refractivity contribution in [3.05, 3.63) is 35.4 Å². The third-order valence-electron chi connectivity index (χ3n) is 4.01. The molecule has 6 heteroatoms. The molecule has 1 N–H and O–H groups in total. The van der Waals surface area contributed by atoms with Crippen LogP contribution in [0.25, 0.3) is 0 Å². The zero-order valence-electron chi connectivity index (χ0n) is 11.7. The number of esters is 1. The average molecular weight is 288 g/mol. The van der Waals surface area contributed by atoms with Crippen molar-refractivity contribution in [3.8, 4) is 0 Å². The van der Waals surface area contributed by atoms with Crippen molar-refractivity contribution in [1.82, 2.24) is 10.2 Å². The Kier molecular flexibility index (Phi) is 3.16. The van der Waals surface area contributed by atoms with E-state index in [0.29, 0.717) is 6.42 Å². The molecular formula is C15H16N2O4. The molecule has 1 aliphatic heterocycles. The Bertz CT molecular complexity index is 628. The van der Waals surface area contributed by atoms with Crippen LogP contribution in [0.15, 0.2) is 24.3 Å². The molecule has 3 amide bonds. The topological polar surface area (TPSA) is 75.7 Å². The molecule has 1 aromatic carbocycles. The molecule has 0 saturated carbocycles. The highest BCUT2D eigenvalue weighted by Gasteiger charge is 2.55. The lowest BCUT2D eigenvalue weighted by Gasteiger charge is -2.22. The van der Waals surface area contributed by atoms with Gasteiger partial charge in [0.15, 0.2) is 0 Å². The van der Waals surface area contributed by atoms with Crippen LogP contribution in [0.3, 0.4) is 0 Å². The van der Waals surface area contributed by atoms with E-state index in [9.17, 15) is 14.4 Å². The molecule has 2 aliphatic rings. The number of hydrogen-bond acceptors (Lipinski definition) is 4. The van der Waals surface area contributed by atoms with E-state index < -0.39 is 17.5 Å². The molecule has 1 saturated heterocycles. The van der Waals surface area contributed by atoms with Crippen LogP contribution in [0.1, 0.15) is 24.5 Å². The minimum absolute atomic E-state index is 0.219. The van der Waals surface area contributed by atoms with Gasteiger partial charge in [0.25, 0.3) is 5.91 Å². The number of nitrogens with zero attached hydrogens (tertiary/aromatic N) is 1. The molecule has 0 aromatic heterocycles. The summed E-state index contributed by atoms with van der Waals surface area (Å²) in [6.07, 6.45) is 1.26. The van der Waals surface area contributed by atoms with Gasteiger partial charge in [-0.15, -0.1) is 0 Å². The summed E-state index contributed by atoms with van der Waals surface area (Å²) in [6.45, 7) is 1.55. The second-order valence-corrected chi connectivity index (χ2v) is 5.19. The number of ether oxygens (including phenoxy) is 1. The molecule has 3 rings (SSSR count). The Morgan fingerprint density at radius 3 is 2.90 bits per heavy atom. The van der Waals surface area contributed by atoms with Gasteiger partial charge in [-0.05, 0) is 30.9 Å². The molecule has 21 heavy (non-hydrogen) atoms. The standard InChI is InChI=1S/C15H16N2O4/c1-2-21-12(18)9-17-13(19)15(16-14(17)20)8-7-10-5-3-4-6-11(10)15/h3-6H,2,7-9H2,1H3,(H,16,20). The van der Waals surface area contributed by atoms with E-state index in [4.69, 9.17) is 4.74 Å². The Balaban J connectivity index is 1.89. The first-order chi connectivity index (χ1) is 10.1. The number of rotatable bonds is 3. The van der Waals surface area contributed by atoms with Crippen LogP contribution in [0.4, 0.5) is 4.79 Å². The smallest absolute Gasteiger partial charge is 0.326 e. The summed E-state index contributed by atoms with van der Waals surface area (Å²) in [4.78, 5) is 37.2.